The summed E-state index contributed by atoms with van der Waals surface area (Å²) in [5, 5.41) is 12.1. The molecule has 1 aliphatic rings. The quantitative estimate of drug-likeness (QED) is 0.725. The molecule has 2 N–H and O–H groups in total. The highest BCUT2D eigenvalue weighted by Gasteiger charge is 2.23. The fourth-order valence-corrected chi connectivity index (χ4v) is 1.64. The van der Waals surface area contributed by atoms with Gasteiger partial charge in [0.2, 0.25) is 0 Å². The van der Waals surface area contributed by atoms with Crippen LogP contribution in [0.2, 0.25) is 0 Å². The molecule has 0 aromatic carbocycles. The molecule has 1 heterocycles. The van der Waals surface area contributed by atoms with E-state index in [1.165, 1.54) is 13.8 Å². The molecule has 0 spiro atoms. The zero-order valence-corrected chi connectivity index (χ0v) is 9.58. The molecule has 15 heavy (non-hydrogen) atoms. The topological polar surface area (TPSA) is 58.6 Å². The molecule has 4 nitrogen and oxygen atoms in total. The number of amides is 1. The molecule has 0 atom stereocenters. The number of nitrogens with one attached hydrogen (secondary N) is 1. The zero-order valence-electron chi connectivity index (χ0n) is 9.58. The standard InChI is InChI=1S/C11H21NO3/c1-11(2,14)10(13)12-6-3-9-4-7-15-8-5-9/h9,14H,3-8H2,1-2H3,(H,12,13). The van der Waals surface area contributed by atoms with Crippen LogP contribution in [0.5, 0.6) is 0 Å². The first kappa shape index (κ1) is 12.5. The van der Waals surface area contributed by atoms with E-state index in [0.717, 1.165) is 32.5 Å². The molecule has 0 bridgehead atoms. The van der Waals surface area contributed by atoms with Crippen LogP contribution < -0.4 is 5.32 Å². The van der Waals surface area contributed by atoms with Gasteiger partial charge in [0.15, 0.2) is 0 Å². The lowest BCUT2D eigenvalue weighted by Crippen LogP contribution is -2.42. The third-order valence-corrected chi connectivity index (χ3v) is 2.73. The maximum atomic E-state index is 11.3. The Morgan fingerprint density at radius 2 is 2.07 bits per heavy atom. The molecule has 0 aromatic rings. The Morgan fingerprint density at radius 1 is 1.47 bits per heavy atom. The van der Waals surface area contributed by atoms with E-state index in [4.69, 9.17) is 4.74 Å². The lowest BCUT2D eigenvalue weighted by atomic mass is 9.96. The molecule has 88 valence electrons. The smallest absolute Gasteiger partial charge is 0.251 e. The Labute approximate surface area is 91.0 Å². The van der Waals surface area contributed by atoms with Crippen molar-refractivity contribution in [2.75, 3.05) is 19.8 Å². The molecule has 0 aliphatic carbocycles. The molecule has 0 radical (unpaired) electrons. The second kappa shape index (κ2) is 5.47. The number of carbonyl (C=O) groups excluding carboxylic acids is 1. The first-order chi connectivity index (χ1) is 7.00. The minimum absolute atomic E-state index is 0.297. The summed E-state index contributed by atoms with van der Waals surface area (Å²) >= 11 is 0. The van der Waals surface area contributed by atoms with Gasteiger partial charge in [0.05, 0.1) is 0 Å². The number of hydrogen-bond donors (Lipinski definition) is 2. The van der Waals surface area contributed by atoms with Crippen molar-refractivity contribution in [3.63, 3.8) is 0 Å². The van der Waals surface area contributed by atoms with Gasteiger partial charge in [0, 0.05) is 19.8 Å². The SMILES string of the molecule is CC(C)(O)C(=O)NCCC1CCOCC1. The van der Waals surface area contributed by atoms with Crippen LogP contribution in [0.15, 0.2) is 0 Å². The number of rotatable bonds is 4. The van der Waals surface area contributed by atoms with E-state index in [1.54, 1.807) is 0 Å². The van der Waals surface area contributed by atoms with Crippen molar-refractivity contribution >= 4 is 5.91 Å². The number of carbonyl (C=O) groups is 1. The van der Waals surface area contributed by atoms with Crippen molar-refractivity contribution in [1.82, 2.24) is 5.32 Å². The Morgan fingerprint density at radius 3 is 2.60 bits per heavy atom. The molecule has 1 fully saturated rings. The van der Waals surface area contributed by atoms with Crippen LogP contribution in [-0.4, -0.2) is 36.4 Å². The van der Waals surface area contributed by atoms with Crippen LogP contribution in [-0.2, 0) is 9.53 Å². The van der Waals surface area contributed by atoms with Crippen LogP contribution in [0, 0.1) is 5.92 Å². The van der Waals surface area contributed by atoms with Crippen molar-refractivity contribution in [3.05, 3.63) is 0 Å². The van der Waals surface area contributed by atoms with Crippen molar-refractivity contribution < 1.29 is 14.6 Å². The van der Waals surface area contributed by atoms with E-state index < -0.39 is 5.60 Å². The summed E-state index contributed by atoms with van der Waals surface area (Å²) in [5.74, 6) is 0.357. The summed E-state index contributed by atoms with van der Waals surface area (Å²) in [5.41, 5.74) is -1.27. The minimum Gasteiger partial charge on any atom is -0.381 e. The molecular formula is C11H21NO3. The average Bonchev–Trinajstić information content (AvgIpc) is 2.18. The summed E-state index contributed by atoms with van der Waals surface area (Å²) in [6.45, 7) is 5.31. The summed E-state index contributed by atoms with van der Waals surface area (Å²) < 4.78 is 5.25. The fourth-order valence-electron chi connectivity index (χ4n) is 1.64. The molecule has 1 aliphatic heterocycles. The van der Waals surface area contributed by atoms with Gasteiger partial charge in [-0.2, -0.15) is 0 Å². The summed E-state index contributed by atoms with van der Waals surface area (Å²) in [7, 11) is 0. The van der Waals surface area contributed by atoms with Gasteiger partial charge in [-0.15, -0.1) is 0 Å². The lowest BCUT2D eigenvalue weighted by Gasteiger charge is -2.23. The van der Waals surface area contributed by atoms with Crippen LogP contribution >= 0.6 is 0 Å². The highest BCUT2D eigenvalue weighted by atomic mass is 16.5. The minimum atomic E-state index is -1.27. The number of hydrogen-bond acceptors (Lipinski definition) is 3. The Kier molecular flexibility index (Phi) is 4.54. The largest absolute Gasteiger partial charge is 0.381 e. The van der Waals surface area contributed by atoms with Gasteiger partial charge < -0.3 is 15.2 Å². The van der Waals surface area contributed by atoms with Gasteiger partial charge in [0.1, 0.15) is 5.60 Å². The predicted octanol–water partition coefficient (Wildman–Crippen LogP) is 0.690. The summed E-state index contributed by atoms with van der Waals surface area (Å²) in [6, 6.07) is 0. The second-order valence-electron chi connectivity index (χ2n) is 4.66. The maximum Gasteiger partial charge on any atom is 0.251 e. The van der Waals surface area contributed by atoms with Crippen molar-refractivity contribution in [1.29, 1.82) is 0 Å². The monoisotopic (exact) mass is 215 g/mol. The third kappa shape index (κ3) is 4.62. The second-order valence-corrected chi connectivity index (χ2v) is 4.66. The zero-order chi connectivity index (χ0) is 11.3. The Balaban J connectivity index is 2.12. The van der Waals surface area contributed by atoms with Crippen LogP contribution in [0.3, 0.4) is 0 Å². The molecule has 4 heteroatoms. The van der Waals surface area contributed by atoms with Gasteiger partial charge >= 0.3 is 0 Å². The summed E-state index contributed by atoms with van der Waals surface area (Å²) in [4.78, 5) is 11.3. The molecule has 1 rings (SSSR count). The van der Waals surface area contributed by atoms with E-state index in [9.17, 15) is 9.90 Å². The van der Waals surface area contributed by atoms with Gasteiger partial charge in [-0.1, -0.05) is 0 Å². The average molecular weight is 215 g/mol. The Hall–Kier alpha value is -0.610. The predicted molar refractivity (Wildman–Crippen MR) is 57.5 cm³/mol. The lowest BCUT2D eigenvalue weighted by molar-refractivity contribution is -0.136. The number of aliphatic hydroxyl groups is 1. The molecule has 0 aromatic heterocycles. The van der Waals surface area contributed by atoms with Gasteiger partial charge in [0.25, 0.3) is 5.91 Å². The van der Waals surface area contributed by atoms with Gasteiger partial charge in [-0.05, 0) is 39.0 Å². The molecule has 1 saturated heterocycles. The van der Waals surface area contributed by atoms with Crippen molar-refractivity contribution in [2.24, 2.45) is 5.92 Å². The number of ether oxygens (including phenoxy) is 1. The first-order valence-electron chi connectivity index (χ1n) is 5.58. The third-order valence-electron chi connectivity index (χ3n) is 2.73. The van der Waals surface area contributed by atoms with Crippen molar-refractivity contribution in [2.45, 2.75) is 38.7 Å². The molecular weight excluding hydrogens is 194 g/mol. The van der Waals surface area contributed by atoms with Crippen LogP contribution in [0.1, 0.15) is 33.1 Å². The van der Waals surface area contributed by atoms with Crippen LogP contribution in [0.25, 0.3) is 0 Å². The maximum absolute atomic E-state index is 11.3. The van der Waals surface area contributed by atoms with E-state index in [0.29, 0.717) is 12.5 Å². The molecule has 0 unspecified atom stereocenters. The van der Waals surface area contributed by atoms with Crippen molar-refractivity contribution in [3.8, 4) is 0 Å². The first-order valence-corrected chi connectivity index (χ1v) is 5.58. The summed E-state index contributed by atoms with van der Waals surface area (Å²) in [6.07, 6.45) is 3.14. The highest BCUT2D eigenvalue weighted by Crippen LogP contribution is 2.17. The highest BCUT2D eigenvalue weighted by molar-refractivity contribution is 5.83. The van der Waals surface area contributed by atoms with E-state index in [2.05, 4.69) is 5.32 Å². The van der Waals surface area contributed by atoms with E-state index in [-0.39, 0.29) is 5.91 Å². The molecule has 1 amide bonds. The normalized spacial score (nSPS) is 18.9. The molecule has 0 saturated carbocycles. The van der Waals surface area contributed by atoms with Crippen LogP contribution in [0.4, 0.5) is 0 Å². The van der Waals surface area contributed by atoms with Gasteiger partial charge in [-0.3, -0.25) is 4.79 Å². The Bertz CT molecular complexity index is 204. The van der Waals surface area contributed by atoms with E-state index in [1.807, 2.05) is 0 Å². The fraction of sp³-hybridized carbons (Fsp3) is 0.909. The van der Waals surface area contributed by atoms with Gasteiger partial charge in [-0.25, -0.2) is 0 Å². The van der Waals surface area contributed by atoms with E-state index >= 15 is 0 Å².